The van der Waals surface area contributed by atoms with Gasteiger partial charge in [-0.1, -0.05) is 120 Å². The van der Waals surface area contributed by atoms with Crippen LogP contribution < -0.4 is 0 Å². The van der Waals surface area contributed by atoms with Crippen molar-refractivity contribution in [2.45, 2.75) is 74.1 Å². The third-order valence-corrected chi connectivity index (χ3v) is 15.4. The van der Waals surface area contributed by atoms with Crippen LogP contribution in [0.25, 0.3) is 65.9 Å². The summed E-state index contributed by atoms with van der Waals surface area (Å²) in [6, 6.07) is 31.1. The summed E-state index contributed by atoms with van der Waals surface area (Å²) in [7, 11) is -2.99. The number of para-hydroxylation sites is 4. The lowest BCUT2D eigenvalue weighted by Gasteiger charge is -2.07. The van der Waals surface area contributed by atoms with E-state index < -0.39 is 68.1 Å². The molecule has 0 spiro atoms. The Hall–Kier alpha value is -9.92. The number of esters is 2. The van der Waals surface area contributed by atoms with Crippen LogP contribution in [0, 0.1) is 6.92 Å². The Labute approximate surface area is 484 Å². The summed E-state index contributed by atoms with van der Waals surface area (Å²) in [5.74, 6) is -7.15. The molecule has 0 saturated heterocycles. The highest BCUT2D eigenvalue weighted by Gasteiger charge is 2.35. The zero-order valence-corrected chi connectivity index (χ0v) is 43.9. The molecule has 0 fully saturated rings. The number of methoxy groups -OCH3 is 1. The molecule has 0 aliphatic heterocycles. The highest BCUT2D eigenvalue weighted by Crippen LogP contribution is 2.46. The van der Waals surface area contributed by atoms with Crippen molar-refractivity contribution in [3.63, 3.8) is 0 Å². The number of nitrogens with zero attached hydrogens (tertiary/aromatic N) is 1. The van der Waals surface area contributed by atoms with E-state index in [1.54, 1.807) is 72.9 Å². The van der Waals surface area contributed by atoms with E-state index in [1.165, 1.54) is 37.6 Å². The number of H-pyrrole nitrogens is 3. The van der Waals surface area contributed by atoms with Gasteiger partial charge in [-0.2, -0.15) is 0 Å². The third-order valence-electron chi connectivity index (χ3n) is 13.7. The molecule has 0 aliphatic carbocycles. The molecular formula is C64H66N4O15S. The normalized spacial score (nSPS) is 11.0. The molecule has 6 aromatic heterocycles. The molecule has 0 aliphatic rings. The molecule has 19 nitrogen and oxygen atoms in total. The van der Waals surface area contributed by atoms with Gasteiger partial charge in [-0.15, -0.1) is 0 Å². The average molecular weight is 1160 g/mol. The monoisotopic (exact) mass is 1160 g/mol. The van der Waals surface area contributed by atoms with Crippen LogP contribution >= 0.6 is 0 Å². The smallest absolute Gasteiger partial charge is 0.374 e. The second kappa shape index (κ2) is 25.9. The minimum absolute atomic E-state index is 0. The van der Waals surface area contributed by atoms with E-state index in [0.717, 1.165) is 38.8 Å². The van der Waals surface area contributed by atoms with Gasteiger partial charge in [0, 0.05) is 87.5 Å². The number of aromatic amines is 3. The maximum absolute atomic E-state index is 14.0. The molecule has 0 radical (unpaired) electrons. The Balaban J connectivity index is 0.000000271. The van der Waals surface area contributed by atoms with Crippen molar-refractivity contribution in [1.29, 1.82) is 0 Å². The van der Waals surface area contributed by atoms with Crippen LogP contribution in [0.15, 0.2) is 148 Å². The summed E-state index contributed by atoms with van der Waals surface area (Å²) < 4.78 is 49.9. The third kappa shape index (κ3) is 11.5. The lowest BCUT2D eigenvalue weighted by atomic mass is 10.0. The lowest BCUT2D eigenvalue weighted by molar-refractivity contribution is -0.141. The minimum atomic E-state index is -4.11. The van der Waals surface area contributed by atoms with Crippen LogP contribution in [0.4, 0.5) is 0 Å². The number of aliphatic hydroxyl groups is 1. The number of carbonyl (C=O) groups excluding carboxylic acids is 4. The molecule has 6 heterocycles. The fourth-order valence-electron chi connectivity index (χ4n) is 9.91. The Bertz CT molecular complexity index is 4360. The Morgan fingerprint density at radius 3 is 1.69 bits per heavy atom. The summed E-state index contributed by atoms with van der Waals surface area (Å²) in [6.07, 6.45) is 8.22. The van der Waals surface area contributed by atoms with E-state index in [4.69, 9.17) is 23.4 Å². The van der Waals surface area contributed by atoms with Crippen LogP contribution in [0.3, 0.4) is 0 Å². The van der Waals surface area contributed by atoms with Crippen LogP contribution in [0.1, 0.15) is 120 Å². The Morgan fingerprint density at radius 2 is 1.13 bits per heavy atom. The minimum Gasteiger partial charge on any atom is -0.504 e. The maximum Gasteiger partial charge on any atom is 0.374 e. The van der Waals surface area contributed by atoms with Crippen molar-refractivity contribution < 1.29 is 71.1 Å². The van der Waals surface area contributed by atoms with Crippen molar-refractivity contribution in [2.24, 2.45) is 0 Å². The average Bonchev–Trinajstić information content (AvgIpc) is 2.24. The summed E-state index contributed by atoms with van der Waals surface area (Å²) in [6.45, 7) is 3.49. The highest BCUT2D eigenvalue weighted by molar-refractivity contribution is 7.90. The number of ketones is 2. The number of hydrogen-bond acceptors (Lipinski definition) is 14. The topological polar surface area (TPSA) is 297 Å². The van der Waals surface area contributed by atoms with Crippen molar-refractivity contribution >= 4 is 83.1 Å². The molecule has 0 atom stereocenters. The molecule has 5 aromatic carbocycles. The van der Waals surface area contributed by atoms with Crippen LogP contribution in [0.5, 0.6) is 11.5 Å². The highest BCUT2D eigenvalue weighted by atomic mass is 32.2. The van der Waals surface area contributed by atoms with E-state index in [9.17, 15) is 47.7 Å². The predicted molar refractivity (Wildman–Crippen MR) is 322 cm³/mol. The number of aryl methyl sites for hydroxylation is 3. The van der Waals surface area contributed by atoms with Crippen molar-refractivity contribution in [2.75, 3.05) is 20.3 Å². The van der Waals surface area contributed by atoms with Gasteiger partial charge >= 0.3 is 17.9 Å². The Morgan fingerprint density at radius 1 is 0.607 bits per heavy atom. The van der Waals surface area contributed by atoms with Crippen molar-refractivity contribution in [3.8, 4) is 33.8 Å². The second-order valence-electron chi connectivity index (χ2n) is 18.7. The number of ether oxygens (including phenoxy) is 2. The van der Waals surface area contributed by atoms with E-state index in [2.05, 4.69) is 15.0 Å². The van der Waals surface area contributed by atoms with E-state index in [1.807, 2.05) is 37.3 Å². The number of carbonyl (C=O) groups is 5. The quantitative estimate of drug-likeness (QED) is 0.0253. The number of fused-ring (bicyclic) bond motifs is 4. The molecule has 84 heavy (non-hydrogen) atoms. The zero-order chi connectivity index (χ0) is 56.6. The van der Waals surface area contributed by atoms with Crippen LogP contribution in [-0.2, 0) is 37.1 Å². The number of carboxylic acid groups (broad SMARTS) is 1. The van der Waals surface area contributed by atoms with Crippen LogP contribution in [0.2, 0.25) is 0 Å². The lowest BCUT2D eigenvalue weighted by Crippen LogP contribution is -2.11. The van der Waals surface area contributed by atoms with Gasteiger partial charge in [-0.3, -0.25) is 14.4 Å². The second-order valence-corrected chi connectivity index (χ2v) is 20.5. The van der Waals surface area contributed by atoms with Gasteiger partial charge in [-0.25, -0.2) is 22.0 Å². The number of nitrogens with one attached hydrogen (secondary N) is 3. The summed E-state index contributed by atoms with van der Waals surface area (Å²) in [5, 5.41) is 43.7. The van der Waals surface area contributed by atoms with Gasteiger partial charge < -0.3 is 53.7 Å². The number of aliphatic hydroxyl groups excluding tert-OH is 1. The molecular weight excluding hydrogens is 1100 g/mol. The van der Waals surface area contributed by atoms with Crippen LogP contribution in [-0.4, -0.2) is 97.6 Å². The maximum atomic E-state index is 14.0. The number of aromatic hydroxyl groups is 2. The van der Waals surface area contributed by atoms with E-state index in [0.29, 0.717) is 58.3 Å². The van der Waals surface area contributed by atoms with Gasteiger partial charge in [0.1, 0.15) is 0 Å². The predicted octanol–water partition coefficient (Wildman–Crippen LogP) is 13.2. The van der Waals surface area contributed by atoms with E-state index in [-0.39, 0.29) is 87.1 Å². The summed E-state index contributed by atoms with van der Waals surface area (Å²) in [4.78, 5) is 72.7. The molecule has 438 valence electrons. The van der Waals surface area contributed by atoms with Gasteiger partial charge in [0.05, 0.1) is 46.4 Å². The number of hydrogen-bond donors (Lipinski definition) is 7. The zero-order valence-electron chi connectivity index (χ0n) is 43.1. The first-order valence-electron chi connectivity index (χ1n) is 25.1. The first-order chi connectivity index (χ1) is 38.5. The molecule has 0 saturated carbocycles. The van der Waals surface area contributed by atoms with Crippen molar-refractivity contribution in [1.82, 2.24) is 18.9 Å². The van der Waals surface area contributed by atoms with Gasteiger partial charge in [-0.05, 0) is 68.0 Å². The molecule has 11 aromatic rings. The number of rotatable bonds is 17. The van der Waals surface area contributed by atoms with Crippen molar-refractivity contribution in [3.05, 3.63) is 185 Å². The standard InChI is InChI=1S/C35H30N2O9S.C25H20N2O6.4CH4/c1-20-13-15-23(16-14-20)47(42,43)37-19-27(24-10-4-5-12-28(24)37)29-32(40)34(46-33(29)35(41)44-3)31(39)26-18-36-30-22(8-6-11-25(26)30)9-7-17-45-21(2)38;28-10-4-6-13-5-3-8-15-17(12-27-20(13)15)21(29)24-22(30)19(23(33-24)25(31)32)16-11-26-18-9-2-1-7-14(16)18;;;;/h4-6,8,10-16,18-19,36,40H,7,9,17H2,1-3H3;1-3,5,7-9,11-12,26-28,30H,4,6,10H2,(H,31,32);4*1H4. The first-order valence-corrected chi connectivity index (χ1v) is 26.5. The number of furan rings is 2. The number of benzene rings is 5. The number of carboxylic acids is 1. The summed E-state index contributed by atoms with van der Waals surface area (Å²) in [5.41, 5.74) is 5.95. The van der Waals surface area contributed by atoms with Gasteiger partial charge in [0.15, 0.2) is 11.5 Å². The molecule has 0 unspecified atom stereocenters. The van der Waals surface area contributed by atoms with Gasteiger partial charge in [0.25, 0.3) is 10.0 Å². The number of aromatic carboxylic acids is 1. The first kappa shape index (κ1) is 63.3. The Kier molecular flexibility index (Phi) is 19.5. The van der Waals surface area contributed by atoms with E-state index >= 15 is 0 Å². The largest absolute Gasteiger partial charge is 0.504 e. The molecule has 0 bridgehead atoms. The molecule has 0 amide bonds. The summed E-state index contributed by atoms with van der Waals surface area (Å²) >= 11 is 0. The number of aromatic nitrogens is 4. The fourth-order valence-corrected chi connectivity index (χ4v) is 11.3. The molecule has 20 heteroatoms. The molecule has 11 rings (SSSR count). The van der Waals surface area contributed by atoms with Gasteiger partial charge in [0.2, 0.25) is 34.6 Å². The SMILES string of the molecule is C.C.C.C.COC(=O)c1oc(C(=O)c2c[nH]c3c(CCCOC(C)=O)cccc23)c(O)c1-c1cn(S(=O)(=O)c2ccc(C)cc2)c2ccccc12.O=C(O)c1oc(C(=O)c2c[nH]c3c(CCCO)cccc23)c(O)c1-c1c[nH]c2ccccc12. The fraction of sp³-hybridized carbons (Fsp3) is 0.203. The molecule has 7 N–H and O–H groups in total.